The summed E-state index contributed by atoms with van der Waals surface area (Å²) in [5, 5.41) is 23.1. The Morgan fingerprint density at radius 3 is 2.15 bits per heavy atom. The van der Waals surface area contributed by atoms with Crippen molar-refractivity contribution in [2.75, 3.05) is 44.2 Å². The summed E-state index contributed by atoms with van der Waals surface area (Å²) in [5.74, 6) is 1.68. The van der Waals surface area contributed by atoms with Crippen LogP contribution in [0.25, 0.3) is 32.9 Å². The maximum atomic E-state index is 16.9. The van der Waals surface area contributed by atoms with E-state index in [1.54, 1.807) is 0 Å². The van der Waals surface area contributed by atoms with E-state index in [9.17, 15) is 49.0 Å². The Labute approximate surface area is 330 Å². The van der Waals surface area contributed by atoms with Gasteiger partial charge in [-0.15, -0.1) is 6.42 Å². The van der Waals surface area contributed by atoms with Crippen molar-refractivity contribution in [2.24, 2.45) is 0 Å². The van der Waals surface area contributed by atoms with Crippen LogP contribution in [0.15, 0.2) is 24.3 Å². The number of aromatic nitrogens is 3. The Hall–Kier alpha value is -4.74. The molecule has 3 fully saturated rings. The summed E-state index contributed by atoms with van der Waals surface area (Å²) >= 11 is 0. The number of rotatable bonds is 4. The Morgan fingerprint density at radius 2 is 1.56 bits per heavy atom. The van der Waals surface area contributed by atoms with E-state index in [2.05, 4.69) is 21.0 Å². The molecule has 3 N–H and O–H groups in total. The van der Waals surface area contributed by atoms with Crippen LogP contribution in [0.2, 0.25) is 0 Å². The maximum absolute atomic E-state index is 16.9. The summed E-state index contributed by atoms with van der Waals surface area (Å²) in [4.78, 5) is 19.2. The van der Waals surface area contributed by atoms with Gasteiger partial charge in [-0.3, -0.25) is 4.90 Å². The third kappa shape index (κ3) is 7.65. The Kier molecular flexibility index (Phi) is 11.9. The molecule has 2 aromatic heterocycles. The second kappa shape index (κ2) is 16.0. The van der Waals surface area contributed by atoms with E-state index in [1.807, 2.05) is 13.8 Å². The van der Waals surface area contributed by atoms with Gasteiger partial charge < -0.3 is 25.2 Å². The summed E-state index contributed by atoms with van der Waals surface area (Å²) < 4.78 is 141. The normalized spacial score (nSPS) is 19.2. The number of benzene rings is 2. The zero-order valence-electron chi connectivity index (χ0n) is 31.6. The number of phenols is 1. The second-order valence-corrected chi connectivity index (χ2v) is 14.4. The zero-order chi connectivity index (χ0) is 43.3. The first-order valence-electron chi connectivity index (χ1n) is 18.8. The van der Waals surface area contributed by atoms with Crippen molar-refractivity contribution in [3.63, 3.8) is 0 Å². The highest BCUT2D eigenvalue weighted by atomic mass is 19.4. The molecule has 0 aliphatic carbocycles. The van der Waals surface area contributed by atoms with Gasteiger partial charge in [-0.2, -0.15) is 49.5 Å². The predicted octanol–water partition coefficient (Wildman–Crippen LogP) is 7.97. The number of aliphatic hydroxyl groups is 1. The van der Waals surface area contributed by atoms with E-state index in [0.717, 1.165) is 64.8 Å². The topological polar surface area (TPSA) is 107 Å². The number of nitrogens with one attached hydrogen (secondary N) is 1. The first kappa shape index (κ1) is 43.8. The van der Waals surface area contributed by atoms with Crippen molar-refractivity contribution in [1.29, 1.82) is 0 Å². The Morgan fingerprint density at radius 1 is 0.915 bits per heavy atom. The summed E-state index contributed by atoms with van der Waals surface area (Å²) in [5.41, 5.74) is -5.76. The van der Waals surface area contributed by atoms with Crippen LogP contribution in [0, 0.1) is 24.0 Å². The number of phenolic OH excluding ortho intramolecular Hbond substituents is 1. The van der Waals surface area contributed by atoms with Crippen molar-refractivity contribution < 1.29 is 63.2 Å². The van der Waals surface area contributed by atoms with Gasteiger partial charge in [0.1, 0.15) is 35.2 Å². The molecule has 4 aliphatic rings. The highest BCUT2D eigenvalue weighted by molar-refractivity contribution is 6.03. The van der Waals surface area contributed by atoms with Crippen molar-refractivity contribution >= 4 is 27.5 Å². The molecule has 320 valence electrons. The molecule has 0 saturated carbocycles. The number of aromatic hydroxyl groups is 1. The number of hydrogen-bond donors (Lipinski definition) is 3. The fourth-order valence-electron chi connectivity index (χ4n) is 8.33. The highest BCUT2D eigenvalue weighted by Gasteiger charge is 2.83. The van der Waals surface area contributed by atoms with E-state index >= 15 is 4.39 Å². The molecule has 4 aliphatic heterocycles. The molecular weight excluding hydrogens is 809 g/mol. The summed E-state index contributed by atoms with van der Waals surface area (Å²) in [6.07, 6.45) is -9.11. The summed E-state index contributed by atoms with van der Waals surface area (Å²) in [6, 6.07) is 5.95. The van der Waals surface area contributed by atoms with E-state index in [0.29, 0.717) is 40.7 Å². The average Bonchev–Trinajstić information content (AvgIpc) is 3.72. The number of aryl methyl sites for hydroxylation is 1. The van der Waals surface area contributed by atoms with Gasteiger partial charge in [0.2, 0.25) is 0 Å². The average molecular weight is 849 g/mol. The van der Waals surface area contributed by atoms with Crippen LogP contribution >= 0.6 is 0 Å². The molecule has 20 heteroatoms. The zero-order valence-corrected chi connectivity index (χ0v) is 31.6. The molecule has 0 bridgehead atoms. The predicted molar refractivity (Wildman–Crippen MR) is 195 cm³/mol. The first-order chi connectivity index (χ1) is 27.7. The number of alkyl halides is 9. The Bertz CT molecular complexity index is 2210. The van der Waals surface area contributed by atoms with Gasteiger partial charge in [-0.25, -0.2) is 13.8 Å². The van der Waals surface area contributed by atoms with Crippen molar-refractivity contribution in [1.82, 2.24) is 25.2 Å². The molecule has 59 heavy (non-hydrogen) atoms. The molecule has 4 aromatic rings. The lowest BCUT2D eigenvalue weighted by molar-refractivity contribution is -0.447. The van der Waals surface area contributed by atoms with Gasteiger partial charge >= 0.3 is 30.1 Å². The van der Waals surface area contributed by atoms with Crippen molar-refractivity contribution in [3.8, 4) is 35.4 Å². The van der Waals surface area contributed by atoms with Crippen molar-refractivity contribution in [2.45, 2.75) is 88.1 Å². The van der Waals surface area contributed by atoms with E-state index in [1.165, 1.54) is 24.3 Å². The smallest absolute Gasteiger partial charge is 0.435 e. The second-order valence-electron chi connectivity index (χ2n) is 14.4. The number of halogens is 11. The fraction of sp³-hybridized carbons (Fsp3) is 0.513. The van der Waals surface area contributed by atoms with Gasteiger partial charge in [-0.1, -0.05) is 25.8 Å². The molecule has 0 radical (unpaired) electrons. The molecule has 1 unspecified atom stereocenters. The highest BCUT2D eigenvalue weighted by Crippen LogP contribution is 2.52. The van der Waals surface area contributed by atoms with Crippen LogP contribution in [-0.2, 0) is 6.42 Å². The van der Waals surface area contributed by atoms with Crippen LogP contribution in [0.5, 0.6) is 11.8 Å². The van der Waals surface area contributed by atoms with Crippen molar-refractivity contribution in [3.05, 3.63) is 47.2 Å². The minimum Gasteiger partial charge on any atom is -0.508 e. The Balaban J connectivity index is 0.000000314. The number of ether oxygens (including phenoxy) is 1. The van der Waals surface area contributed by atoms with Gasteiger partial charge in [0.05, 0.1) is 22.2 Å². The minimum absolute atomic E-state index is 0.00722. The van der Waals surface area contributed by atoms with E-state index in [-0.39, 0.29) is 45.7 Å². The number of piperazine rings is 1. The monoisotopic (exact) mass is 848 g/mol. The van der Waals surface area contributed by atoms with Crippen LogP contribution in [0.3, 0.4) is 0 Å². The van der Waals surface area contributed by atoms with E-state index in [4.69, 9.17) is 31.2 Å². The minimum atomic E-state index is -6.87. The molecule has 0 spiro atoms. The molecule has 3 saturated heterocycles. The lowest BCUT2D eigenvalue weighted by atomic mass is 9.95. The van der Waals surface area contributed by atoms with Gasteiger partial charge in [-0.05, 0) is 75.2 Å². The summed E-state index contributed by atoms with van der Waals surface area (Å²) in [7, 11) is 0. The molecule has 9 nitrogen and oxygen atoms in total. The lowest BCUT2D eigenvalue weighted by Crippen LogP contribution is -2.66. The quantitative estimate of drug-likeness (QED) is 0.139. The number of fused-ring (bicyclic) bond motifs is 4. The molecule has 0 amide bonds. The van der Waals surface area contributed by atoms with Crippen LogP contribution in [0.1, 0.15) is 57.2 Å². The van der Waals surface area contributed by atoms with Crippen LogP contribution < -0.4 is 15.0 Å². The summed E-state index contributed by atoms with van der Waals surface area (Å²) in [6.45, 7) is 8.89. The largest absolute Gasteiger partial charge is 0.508 e. The lowest BCUT2D eigenvalue weighted by Gasteiger charge is -2.36. The molecule has 8 rings (SSSR count). The van der Waals surface area contributed by atoms with Crippen LogP contribution in [-0.4, -0.2) is 105 Å². The van der Waals surface area contributed by atoms with Gasteiger partial charge in [0.25, 0.3) is 0 Å². The molecule has 6 heterocycles. The molecular formula is C39H39F11N6O3. The number of pyridine rings is 1. The van der Waals surface area contributed by atoms with Crippen LogP contribution in [0.4, 0.5) is 54.1 Å². The van der Waals surface area contributed by atoms with Gasteiger partial charge in [0.15, 0.2) is 5.82 Å². The number of nitrogens with zero attached hydrogens (tertiary/aromatic N) is 5. The number of anilines is 1. The SMILES string of the molecule is C#Cc1c(F)ccc2cc(O)cc(-c3nc4c5c(nc(OCC67CCCN6CCC7)nc5c3F)N3CCNCC3CC4)c12.CC.OC(C(F)(F)F)(C(F)(F)F)C(F)(F)F. The molecule has 2 aromatic carbocycles. The fourth-order valence-corrected chi connectivity index (χ4v) is 8.33. The third-order valence-corrected chi connectivity index (χ3v) is 11.1. The molecule has 1 atom stereocenters. The van der Waals surface area contributed by atoms with E-state index < -0.39 is 35.8 Å². The third-order valence-electron chi connectivity index (χ3n) is 11.1. The first-order valence-corrected chi connectivity index (χ1v) is 18.8. The van der Waals surface area contributed by atoms with Gasteiger partial charge in [0, 0.05) is 36.6 Å². The number of hydrogen-bond acceptors (Lipinski definition) is 9. The maximum Gasteiger partial charge on any atom is 0.435 e. The number of terminal acetylenes is 1. The standard InChI is InChI=1S/C33H32F2N6O2.C4HF9O.C2H6/c1-2-22-24(34)7-5-19-15-21(42)16-23(26(19)22)29-28(35)30-27-25(37-29)8-6-20-17-36-11-14-41(20)31(27)39-32(38-30)43-18-33-9-3-12-40(33)13-4-10-33;5-2(6,7)1(14,3(8,9)10)4(11,12)13;1-2/h1,5,7,15-16,20,36,42H,3-4,6,8-14,17-18H2;14H;1-2H3.